The molecule has 0 fully saturated rings. The molecule has 1 heterocycles. The monoisotopic (exact) mass is 296 g/mol. The number of aromatic amines is 1. The third-order valence-corrected chi connectivity index (χ3v) is 3.54. The van der Waals surface area contributed by atoms with Gasteiger partial charge in [-0.15, -0.1) is 0 Å². The summed E-state index contributed by atoms with van der Waals surface area (Å²) in [6.45, 7) is 0.420. The van der Waals surface area contributed by atoms with E-state index in [9.17, 15) is 14.0 Å². The van der Waals surface area contributed by atoms with Crippen molar-refractivity contribution in [2.75, 3.05) is 6.54 Å². The highest BCUT2D eigenvalue weighted by atomic mass is 32.2. The largest absolute Gasteiger partial charge is 0.339 e. The van der Waals surface area contributed by atoms with Crippen LogP contribution in [0.5, 0.6) is 0 Å². The molecule has 20 heavy (non-hydrogen) atoms. The van der Waals surface area contributed by atoms with Crippen LogP contribution in [0.15, 0.2) is 37.8 Å². The van der Waals surface area contributed by atoms with E-state index in [2.05, 4.69) is 10.1 Å². The number of hydrogen-bond donors (Lipinski definition) is 2. The van der Waals surface area contributed by atoms with Crippen LogP contribution in [-0.2, 0) is 13.5 Å². The molecular formula is C12H13FN4O2S. The second-order valence-electron chi connectivity index (χ2n) is 4.14. The van der Waals surface area contributed by atoms with Crippen LogP contribution >= 0.6 is 11.8 Å². The van der Waals surface area contributed by atoms with Gasteiger partial charge in [-0.05, 0) is 36.7 Å². The van der Waals surface area contributed by atoms with Crippen molar-refractivity contribution >= 4 is 11.8 Å². The van der Waals surface area contributed by atoms with Gasteiger partial charge in [-0.1, -0.05) is 11.8 Å². The average Bonchev–Trinajstić information content (AvgIpc) is 2.35. The Hall–Kier alpha value is -1.93. The molecule has 8 heteroatoms. The van der Waals surface area contributed by atoms with E-state index in [1.54, 1.807) is 13.1 Å². The molecule has 1 aromatic heterocycles. The van der Waals surface area contributed by atoms with E-state index in [1.165, 1.54) is 16.8 Å². The van der Waals surface area contributed by atoms with Gasteiger partial charge in [0, 0.05) is 11.9 Å². The number of hydrogen-bond acceptors (Lipinski definition) is 5. The maximum absolute atomic E-state index is 13.5. The zero-order valence-corrected chi connectivity index (χ0v) is 11.5. The van der Waals surface area contributed by atoms with Crippen molar-refractivity contribution in [1.82, 2.24) is 14.8 Å². The van der Waals surface area contributed by atoms with Crippen LogP contribution in [0.25, 0.3) is 0 Å². The summed E-state index contributed by atoms with van der Waals surface area (Å²) in [4.78, 5) is 26.6. The lowest BCUT2D eigenvalue weighted by molar-refractivity contribution is 0.595. The molecule has 0 unspecified atom stereocenters. The minimum atomic E-state index is -0.871. The number of nitrogens with one attached hydrogen (secondary N) is 1. The first-order valence-corrected chi connectivity index (χ1v) is 6.66. The van der Waals surface area contributed by atoms with Gasteiger partial charge < -0.3 is 5.73 Å². The summed E-state index contributed by atoms with van der Waals surface area (Å²) < 4.78 is 14.8. The number of H-pyrrole nitrogens is 1. The molecule has 0 aliphatic rings. The van der Waals surface area contributed by atoms with Crippen molar-refractivity contribution in [3.05, 3.63) is 50.3 Å². The van der Waals surface area contributed by atoms with Crippen molar-refractivity contribution in [3.63, 3.8) is 0 Å². The lowest BCUT2D eigenvalue weighted by Crippen LogP contribution is -2.33. The molecule has 1 aromatic carbocycles. The van der Waals surface area contributed by atoms with Crippen molar-refractivity contribution in [3.8, 4) is 0 Å². The molecule has 0 saturated carbocycles. The summed E-state index contributed by atoms with van der Waals surface area (Å²) in [6, 6.07) is 4.52. The van der Waals surface area contributed by atoms with Gasteiger partial charge in [-0.2, -0.15) is 4.98 Å². The second-order valence-corrected chi connectivity index (χ2v) is 5.18. The van der Waals surface area contributed by atoms with Crippen molar-refractivity contribution in [1.29, 1.82) is 0 Å². The maximum Gasteiger partial charge on any atom is 0.339 e. The van der Waals surface area contributed by atoms with Gasteiger partial charge in [0.05, 0.1) is 0 Å². The van der Waals surface area contributed by atoms with E-state index < -0.39 is 11.1 Å². The smallest absolute Gasteiger partial charge is 0.330 e. The number of nitrogens with zero attached hydrogens (tertiary/aromatic N) is 2. The van der Waals surface area contributed by atoms with E-state index in [-0.39, 0.29) is 11.0 Å². The van der Waals surface area contributed by atoms with Crippen LogP contribution in [0.2, 0.25) is 0 Å². The molecule has 0 aliphatic carbocycles. The van der Waals surface area contributed by atoms with Crippen LogP contribution in [-0.4, -0.2) is 21.3 Å². The Kier molecular flexibility index (Phi) is 4.35. The van der Waals surface area contributed by atoms with Gasteiger partial charge in [-0.3, -0.25) is 19.4 Å². The molecule has 0 bridgehead atoms. The summed E-state index contributed by atoms with van der Waals surface area (Å²) in [5.41, 5.74) is 4.55. The van der Waals surface area contributed by atoms with Crippen LogP contribution < -0.4 is 16.9 Å². The van der Waals surface area contributed by atoms with E-state index in [4.69, 9.17) is 5.73 Å². The molecule has 2 aromatic rings. The van der Waals surface area contributed by atoms with Crippen molar-refractivity contribution in [2.45, 2.75) is 16.5 Å². The van der Waals surface area contributed by atoms with Gasteiger partial charge in [0.15, 0.2) is 5.16 Å². The normalized spacial score (nSPS) is 10.8. The fraction of sp³-hybridized carbons (Fsp3) is 0.250. The van der Waals surface area contributed by atoms with Crippen LogP contribution in [0.1, 0.15) is 5.56 Å². The minimum absolute atomic E-state index is 0.277. The molecule has 0 amide bonds. The zero-order valence-electron chi connectivity index (χ0n) is 10.7. The fourth-order valence-corrected chi connectivity index (χ4v) is 2.55. The highest BCUT2D eigenvalue weighted by molar-refractivity contribution is 7.99. The Balaban J connectivity index is 2.37. The molecule has 0 atom stereocenters. The Labute approximate surface area is 117 Å². The molecule has 3 N–H and O–H groups in total. The number of benzene rings is 1. The topological polar surface area (TPSA) is 93.8 Å². The molecule has 0 aliphatic heterocycles. The number of aryl methyl sites for hydroxylation is 1. The Morgan fingerprint density at radius 2 is 2.15 bits per heavy atom. The van der Waals surface area contributed by atoms with Crippen LogP contribution in [0.4, 0.5) is 4.39 Å². The van der Waals surface area contributed by atoms with Gasteiger partial charge in [0.1, 0.15) is 5.82 Å². The lowest BCUT2D eigenvalue weighted by Gasteiger charge is -2.07. The Morgan fingerprint density at radius 3 is 2.85 bits per heavy atom. The highest BCUT2D eigenvalue weighted by Gasteiger charge is 2.08. The van der Waals surface area contributed by atoms with Gasteiger partial charge >= 0.3 is 11.1 Å². The van der Waals surface area contributed by atoms with Gasteiger partial charge in [-0.25, -0.2) is 4.39 Å². The van der Waals surface area contributed by atoms with Crippen LogP contribution in [0, 0.1) is 5.82 Å². The lowest BCUT2D eigenvalue weighted by atomic mass is 10.1. The maximum atomic E-state index is 13.5. The number of halogens is 1. The molecule has 0 saturated heterocycles. The second kappa shape index (κ2) is 6.02. The van der Waals surface area contributed by atoms with Crippen molar-refractivity contribution in [2.24, 2.45) is 12.8 Å². The Bertz CT molecular complexity index is 741. The first-order chi connectivity index (χ1) is 9.49. The van der Waals surface area contributed by atoms with E-state index in [0.717, 1.165) is 17.3 Å². The molecule has 106 valence electrons. The third kappa shape index (κ3) is 3.34. The molecule has 0 spiro atoms. The summed E-state index contributed by atoms with van der Waals surface area (Å²) in [7, 11) is 1.55. The Morgan fingerprint density at radius 1 is 1.40 bits per heavy atom. The summed E-state index contributed by atoms with van der Waals surface area (Å²) in [5, 5.41) is 2.61. The molecule has 6 nitrogen and oxygen atoms in total. The van der Waals surface area contributed by atoms with E-state index in [1.807, 2.05) is 0 Å². The first kappa shape index (κ1) is 14.5. The average molecular weight is 296 g/mol. The molecule has 0 radical (unpaired) electrons. The summed E-state index contributed by atoms with van der Waals surface area (Å²) in [5.74, 6) is -0.382. The summed E-state index contributed by atoms with van der Waals surface area (Å²) in [6.07, 6.45) is 0.559. The predicted molar refractivity (Wildman–Crippen MR) is 73.4 cm³/mol. The fourth-order valence-electron chi connectivity index (χ4n) is 1.65. The first-order valence-electron chi connectivity index (χ1n) is 5.84. The third-order valence-electron chi connectivity index (χ3n) is 2.52. The SMILES string of the molecule is Cn1[nH]c(=O)c(=O)nc1Sc1cc(F)cc(CCN)c1. The number of nitrogens with two attached hydrogens (primary N) is 1. The quantitative estimate of drug-likeness (QED) is 0.789. The predicted octanol–water partition coefficient (Wildman–Crippen LogP) is 0.260. The van der Waals surface area contributed by atoms with Gasteiger partial charge in [0.2, 0.25) is 0 Å². The minimum Gasteiger partial charge on any atom is -0.330 e. The standard InChI is InChI=1S/C12H13FN4O2S/c1-17-12(15-10(18)11(19)16-17)20-9-5-7(2-3-14)4-8(13)6-9/h4-6H,2-3,14H2,1H3,(H,16,19). The molecular weight excluding hydrogens is 283 g/mol. The van der Waals surface area contributed by atoms with E-state index >= 15 is 0 Å². The van der Waals surface area contributed by atoms with Crippen molar-refractivity contribution < 1.29 is 4.39 Å². The summed E-state index contributed by atoms with van der Waals surface area (Å²) >= 11 is 1.09. The number of rotatable bonds is 4. The van der Waals surface area contributed by atoms with Crippen LogP contribution in [0.3, 0.4) is 0 Å². The zero-order chi connectivity index (χ0) is 14.7. The molecule has 2 rings (SSSR count). The van der Waals surface area contributed by atoms with Gasteiger partial charge in [0.25, 0.3) is 0 Å². The highest BCUT2D eigenvalue weighted by Crippen LogP contribution is 2.26. The number of aromatic nitrogens is 3. The van der Waals surface area contributed by atoms with E-state index in [0.29, 0.717) is 17.9 Å².